The van der Waals surface area contributed by atoms with Gasteiger partial charge in [0.05, 0.1) is 5.69 Å². The SMILES string of the molecule is Cc1cc(Br)c(NCc2cc(F)c(O)c(F)c2)c(Br)c1. The van der Waals surface area contributed by atoms with Gasteiger partial charge in [-0.25, -0.2) is 8.78 Å². The quantitative estimate of drug-likeness (QED) is 0.741. The minimum Gasteiger partial charge on any atom is -0.503 e. The van der Waals surface area contributed by atoms with Crippen LogP contribution in [0.5, 0.6) is 5.75 Å². The van der Waals surface area contributed by atoms with Crippen LogP contribution < -0.4 is 5.32 Å². The van der Waals surface area contributed by atoms with Gasteiger partial charge in [-0.1, -0.05) is 0 Å². The van der Waals surface area contributed by atoms with Crippen molar-refractivity contribution in [3.05, 3.63) is 56.0 Å². The Morgan fingerprint density at radius 3 is 2.05 bits per heavy atom. The van der Waals surface area contributed by atoms with E-state index in [0.29, 0.717) is 5.56 Å². The number of hydrogen-bond donors (Lipinski definition) is 2. The van der Waals surface area contributed by atoms with Crippen molar-refractivity contribution in [2.24, 2.45) is 0 Å². The number of rotatable bonds is 3. The largest absolute Gasteiger partial charge is 0.503 e. The first-order valence-electron chi connectivity index (χ1n) is 5.75. The second kappa shape index (κ2) is 6.10. The molecule has 2 N–H and O–H groups in total. The molecular weight excluding hydrogens is 396 g/mol. The van der Waals surface area contributed by atoms with Crippen molar-refractivity contribution < 1.29 is 13.9 Å². The maximum absolute atomic E-state index is 13.2. The summed E-state index contributed by atoms with van der Waals surface area (Å²) in [5, 5.41) is 12.1. The summed E-state index contributed by atoms with van der Waals surface area (Å²) in [7, 11) is 0. The second-order valence-electron chi connectivity index (χ2n) is 4.37. The van der Waals surface area contributed by atoms with E-state index < -0.39 is 17.4 Å². The van der Waals surface area contributed by atoms with E-state index in [2.05, 4.69) is 37.2 Å². The number of nitrogens with one attached hydrogen (secondary N) is 1. The van der Waals surface area contributed by atoms with E-state index >= 15 is 0 Å². The molecule has 2 rings (SSSR count). The molecule has 0 aliphatic carbocycles. The van der Waals surface area contributed by atoms with Gasteiger partial charge in [-0.05, 0) is 74.2 Å². The first-order chi connectivity index (χ1) is 9.38. The molecular formula is C14H11Br2F2NO. The molecule has 2 aromatic rings. The third-order valence-corrected chi connectivity index (χ3v) is 3.98. The molecule has 0 radical (unpaired) electrons. The van der Waals surface area contributed by atoms with Crippen LogP contribution in [0.1, 0.15) is 11.1 Å². The highest BCUT2D eigenvalue weighted by Crippen LogP contribution is 2.33. The third kappa shape index (κ3) is 3.30. The summed E-state index contributed by atoms with van der Waals surface area (Å²) in [6.07, 6.45) is 0. The van der Waals surface area contributed by atoms with Crippen LogP contribution in [0.2, 0.25) is 0 Å². The van der Waals surface area contributed by atoms with Gasteiger partial charge in [-0.3, -0.25) is 0 Å². The number of aromatic hydroxyl groups is 1. The van der Waals surface area contributed by atoms with Crippen LogP contribution in [0, 0.1) is 18.6 Å². The molecule has 0 aliphatic rings. The normalized spacial score (nSPS) is 10.7. The Labute approximate surface area is 132 Å². The molecule has 0 bridgehead atoms. The fourth-order valence-electron chi connectivity index (χ4n) is 1.78. The molecule has 0 spiro atoms. The number of hydrogen-bond acceptors (Lipinski definition) is 2. The summed E-state index contributed by atoms with van der Waals surface area (Å²) >= 11 is 6.86. The standard InChI is InChI=1S/C14H11Br2F2NO/c1-7-2-9(15)13(10(16)3-7)19-6-8-4-11(17)14(20)12(18)5-8/h2-5,19-20H,6H2,1H3. The highest BCUT2D eigenvalue weighted by atomic mass is 79.9. The predicted molar refractivity (Wildman–Crippen MR) is 81.9 cm³/mol. The number of phenols is 1. The Balaban J connectivity index is 2.21. The lowest BCUT2D eigenvalue weighted by atomic mass is 10.2. The third-order valence-electron chi connectivity index (χ3n) is 2.73. The summed E-state index contributed by atoms with van der Waals surface area (Å²) in [5.41, 5.74) is 2.28. The summed E-state index contributed by atoms with van der Waals surface area (Å²) in [6, 6.07) is 6.07. The van der Waals surface area contributed by atoms with Crippen LogP contribution in [0.4, 0.5) is 14.5 Å². The van der Waals surface area contributed by atoms with E-state index in [0.717, 1.165) is 32.3 Å². The monoisotopic (exact) mass is 405 g/mol. The molecule has 0 heterocycles. The molecule has 106 valence electrons. The molecule has 0 aromatic heterocycles. The molecule has 2 nitrogen and oxygen atoms in total. The van der Waals surface area contributed by atoms with E-state index in [1.165, 1.54) is 0 Å². The van der Waals surface area contributed by atoms with Crippen molar-refractivity contribution in [1.82, 2.24) is 0 Å². The van der Waals surface area contributed by atoms with E-state index in [9.17, 15) is 8.78 Å². The molecule has 6 heteroatoms. The minimum atomic E-state index is -0.969. The van der Waals surface area contributed by atoms with Crippen molar-refractivity contribution in [2.45, 2.75) is 13.5 Å². The lowest BCUT2D eigenvalue weighted by Crippen LogP contribution is -2.02. The van der Waals surface area contributed by atoms with E-state index in [1.807, 2.05) is 19.1 Å². The van der Waals surface area contributed by atoms with Gasteiger partial charge in [0.1, 0.15) is 0 Å². The Bertz CT molecular complexity index is 616. The van der Waals surface area contributed by atoms with Gasteiger partial charge in [0, 0.05) is 15.5 Å². The topological polar surface area (TPSA) is 32.3 Å². The number of benzene rings is 2. The van der Waals surface area contributed by atoms with E-state index in [4.69, 9.17) is 5.11 Å². The van der Waals surface area contributed by atoms with Crippen LogP contribution in [-0.2, 0) is 6.54 Å². The second-order valence-corrected chi connectivity index (χ2v) is 6.07. The van der Waals surface area contributed by atoms with Crippen LogP contribution in [-0.4, -0.2) is 5.11 Å². The maximum atomic E-state index is 13.2. The highest BCUT2D eigenvalue weighted by Gasteiger charge is 2.11. The predicted octanol–water partition coefficient (Wildman–Crippen LogP) is 5.12. The van der Waals surface area contributed by atoms with Crippen molar-refractivity contribution in [3.8, 4) is 5.75 Å². The minimum absolute atomic E-state index is 0.231. The van der Waals surface area contributed by atoms with Gasteiger partial charge in [0.25, 0.3) is 0 Å². The lowest BCUT2D eigenvalue weighted by molar-refractivity contribution is 0.395. The summed E-state index contributed by atoms with van der Waals surface area (Å²) < 4.78 is 28.2. The zero-order valence-electron chi connectivity index (χ0n) is 10.5. The zero-order valence-corrected chi connectivity index (χ0v) is 13.6. The van der Waals surface area contributed by atoms with Gasteiger partial charge in [-0.15, -0.1) is 0 Å². The zero-order chi connectivity index (χ0) is 14.9. The first kappa shape index (κ1) is 15.3. The summed E-state index contributed by atoms with van der Waals surface area (Å²) in [4.78, 5) is 0. The molecule has 20 heavy (non-hydrogen) atoms. The highest BCUT2D eigenvalue weighted by molar-refractivity contribution is 9.11. The number of aryl methyl sites for hydroxylation is 1. The molecule has 0 aliphatic heterocycles. The summed E-state index contributed by atoms with van der Waals surface area (Å²) in [6.45, 7) is 2.19. The Morgan fingerprint density at radius 2 is 1.55 bits per heavy atom. The van der Waals surface area contributed by atoms with Gasteiger partial charge in [0.15, 0.2) is 17.4 Å². The van der Waals surface area contributed by atoms with Crippen LogP contribution in [0.25, 0.3) is 0 Å². The first-order valence-corrected chi connectivity index (χ1v) is 7.33. The van der Waals surface area contributed by atoms with E-state index in [-0.39, 0.29) is 6.54 Å². The molecule has 0 atom stereocenters. The maximum Gasteiger partial charge on any atom is 0.187 e. The number of halogens is 4. The Kier molecular flexibility index (Phi) is 4.65. The smallest absolute Gasteiger partial charge is 0.187 e. The fraction of sp³-hybridized carbons (Fsp3) is 0.143. The van der Waals surface area contributed by atoms with Crippen LogP contribution in [0.15, 0.2) is 33.2 Å². The Hall–Kier alpha value is -1.14. The van der Waals surface area contributed by atoms with Crippen molar-refractivity contribution in [3.63, 3.8) is 0 Å². The average molecular weight is 407 g/mol. The van der Waals surface area contributed by atoms with Crippen molar-refractivity contribution >= 4 is 37.5 Å². The Morgan fingerprint density at radius 1 is 1.05 bits per heavy atom. The molecule has 0 fully saturated rings. The van der Waals surface area contributed by atoms with Crippen molar-refractivity contribution in [2.75, 3.05) is 5.32 Å². The molecule has 0 amide bonds. The van der Waals surface area contributed by atoms with E-state index in [1.54, 1.807) is 0 Å². The lowest BCUT2D eigenvalue weighted by Gasteiger charge is -2.12. The van der Waals surface area contributed by atoms with Gasteiger partial charge >= 0.3 is 0 Å². The average Bonchev–Trinajstić information content (AvgIpc) is 2.34. The summed E-state index contributed by atoms with van der Waals surface area (Å²) in [5.74, 6) is -2.89. The molecule has 2 aromatic carbocycles. The van der Waals surface area contributed by atoms with Crippen LogP contribution in [0.3, 0.4) is 0 Å². The molecule has 0 saturated heterocycles. The number of phenolic OH excluding ortho intramolecular Hbond substituents is 1. The van der Waals surface area contributed by atoms with Crippen molar-refractivity contribution in [1.29, 1.82) is 0 Å². The fourth-order valence-corrected chi connectivity index (χ4v) is 3.47. The molecule has 0 saturated carbocycles. The number of anilines is 1. The van der Waals surface area contributed by atoms with Crippen LogP contribution >= 0.6 is 31.9 Å². The van der Waals surface area contributed by atoms with Gasteiger partial charge in [0.2, 0.25) is 0 Å². The molecule has 0 unspecified atom stereocenters. The van der Waals surface area contributed by atoms with Gasteiger partial charge < -0.3 is 10.4 Å². The van der Waals surface area contributed by atoms with Gasteiger partial charge in [-0.2, -0.15) is 0 Å².